The summed E-state index contributed by atoms with van der Waals surface area (Å²) in [4.78, 5) is 11.9. The first-order valence-corrected chi connectivity index (χ1v) is 6.79. The van der Waals surface area contributed by atoms with Crippen molar-refractivity contribution in [1.82, 2.24) is 5.43 Å². The summed E-state index contributed by atoms with van der Waals surface area (Å²) in [5, 5.41) is 4.25. The quantitative estimate of drug-likeness (QED) is 0.670. The minimum Gasteiger partial charge on any atom is -0.497 e. The molecule has 0 saturated heterocycles. The second-order valence-electron chi connectivity index (χ2n) is 4.76. The average molecular weight is 260 g/mol. The van der Waals surface area contributed by atoms with E-state index in [0.29, 0.717) is 5.56 Å². The Balaban J connectivity index is 1.94. The third-order valence-corrected chi connectivity index (χ3v) is 3.35. The van der Waals surface area contributed by atoms with Gasteiger partial charge in [-0.25, -0.2) is 5.43 Å². The van der Waals surface area contributed by atoms with Gasteiger partial charge in [-0.15, -0.1) is 0 Å². The zero-order valence-electron chi connectivity index (χ0n) is 11.3. The van der Waals surface area contributed by atoms with E-state index >= 15 is 0 Å². The van der Waals surface area contributed by atoms with Gasteiger partial charge in [0.1, 0.15) is 5.75 Å². The van der Waals surface area contributed by atoms with Gasteiger partial charge in [0.05, 0.1) is 7.11 Å². The van der Waals surface area contributed by atoms with Crippen LogP contribution in [0.15, 0.2) is 29.4 Å². The number of hydrogen-bond donors (Lipinski definition) is 1. The number of hydrazone groups is 1. The van der Waals surface area contributed by atoms with Gasteiger partial charge in [-0.3, -0.25) is 4.79 Å². The van der Waals surface area contributed by atoms with E-state index in [1.54, 1.807) is 31.4 Å². The molecule has 1 amide bonds. The van der Waals surface area contributed by atoms with Crippen LogP contribution in [-0.4, -0.2) is 18.7 Å². The Morgan fingerprint density at radius 2 is 1.74 bits per heavy atom. The summed E-state index contributed by atoms with van der Waals surface area (Å²) in [5.74, 6) is 0.575. The molecule has 0 radical (unpaired) electrons. The Morgan fingerprint density at radius 1 is 1.11 bits per heavy atom. The molecule has 4 nitrogen and oxygen atoms in total. The van der Waals surface area contributed by atoms with Gasteiger partial charge in [-0.05, 0) is 49.9 Å². The van der Waals surface area contributed by atoms with Gasteiger partial charge in [0.25, 0.3) is 5.91 Å². The van der Waals surface area contributed by atoms with Gasteiger partial charge in [0.2, 0.25) is 0 Å². The van der Waals surface area contributed by atoms with Crippen LogP contribution in [0.1, 0.15) is 48.9 Å². The summed E-state index contributed by atoms with van der Waals surface area (Å²) >= 11 is 0. The van der Waals surface area contributed by atoms with Crippen LogP contribution in [-0.2, 0) is 0 Å². The summed E-state index contributed by atoms with van der Waals surface area (Å²) in [6.45, 7) is 0. The molecule has 1 saturated carbocycles. The van der Waals surface area contributed by atoms with Crippen LogP contribution in [0.4, 0.5) is 0 Å². The molecule has 19 heavy (non-hydrogen) atoms. The standard InChI is InChI=1S/C15H20N2O2/c1-19-14-10-8-12(9-11-14)15(18)17-16-13-6-4-2-3-5-7-13/h8-11H,2-7H2,1H3,(H,17,18). The highest BCUT2D eigenvalue weighted by Crippen LogP contribution is 2.15. The Hall–Kier alpha value is -1.84. The van der Waals surface area contributed by atoms with Gasteiger partial charge in [-0.2, -0.15) is 5.10 Å². The first kappa shape index (κ1) is 13.6. The molecule has 0 unspecified atom stereocenters. The second-order valence-corrected chi connectivity index (χ2v) is 4.76. The number of nitrogens with zero attached hydrogens (tertiary/aromatic N) is 1. The first-order chi connectivity index (χ1) is 9.29. The van der Waals surface area contributed by atoms with E-state index in [2.05, 4.69) is 10.5 Å². The molecule has 1 aromatic carbocycles. The number of benzene rings is 1. The monoisotopic (exact) mass is 260 g/mol. The molecule has 0 bridgehead atoms. The molecule has 0 heterocycles. The number of rotatable bonds is 3. The van der Waals surface area contributed by atoms with E-state index in [9.17, 15) is 4.79 Å². The molecule has 4 heteroatoms. The molecule has 0 spiro atoms. The van der Waals surface area contributed by atoms with Crippen LogP contribution < -0.4 is 10.2 Å². The molecule has 0 atom stereocenters. The van der Waals surface area contributed by atoms with Crippen molar-refractivity contribution in [2.24, 2.45) is 5.10 Å². The topological polar surface area (TPSA) is 50.7 Å². The number of hydrogen-bond acceptors (Lipinski definition) is 3. The van der Waals surface area contributed by atoms with Crippen molar-refractivity contribution in [3.8, 4) is 5.75 Å². The molecule has 0 aromatic heterocycles. The van der Waals surface area contributed by atoms with Gasteiger partial charge in [0.15, 0.2) is 0 Å². The maximum Gasteiger partial charge on any atom is 0.271 e. The minimum absolute atomic E-state index is 0.167. The van der Waals surface area contributed by atoms with Gasteiger partial charge < -0.3 is 4.74 Å². The molecule has 1 aliphatic carbocycles. The zero-order valence-corrected chi connectivity index (χ0v) is 11.3. The van der Waals surface area contributed by atoms with Crippen LogP contribution in [0.3, 0.4) is 0 Å². The highest BCUT2D eigenvalue weighted by Gasteiger charge is 2.08. The third-order valence-electron chi connectivity index (χ3n) is 3.35. The highest BCUT2D eigenvalue weighted by atomic mass is 16.5. The fraction of sp³-hybridized carbons (Fsp3) is 0.467. The van der Waals surface area contributed by atoms with Gasteiger partial charge in [-0.1, -0.05) is 12.8 Å². The van der Waals surface area contributed by atoms with Crippen molar-refractivity contribution < 1.29 is 9.53 Å². The molecule has 2 rings (SSSR count). The van der Waals surface area contributed by atoms with Crippen LogP contribution in [0.5, 0.6) is 5.75 Å². The lowest BCUT2D eigenvalue weighted by molar-refractivity contribution is 0.0954. The van der Waals surface area contributed by atoms with Crippen molar-refractivity contribution >= 4 is 11.6 Å². The van der Waals surface area contributed by atoms with Crippen LogP contribution >= 0.6 is 0 Å². The summed E-state index contributed by atoms with van der Waals surface area (Å²) in [5.41, 5.74) is 4.35. The summed E-state index contributed by atoms with van der Waals surface area (Å²) < 4.78 is 5.06. The smallest absolute Gasteiger partial charge is 0.271 e. The second kappa shape index (κ2) is 6.92. The maximum absolute atomic E-state index is 11.9. The fourth-order valence-electron chi connectivity index (χ4n) is 2.19. The van der Waals surface area contributed by atoms with Gasteiger partial charge >= 0.3 is 0 Å². The molecule has 0 aliphatic heterocycles. The zero-order chi connectivity index (χ0) is 13.5. The maximum atomic E-state index is 11.9. The molecule has 102 valence electrons. The normalized spacial score (nSPS) is 15.5. The van der Waals surface area contributed by atoms with Gasteiger partial charge in [0, 0.05) is 11.3 Å². The minimum atomic E-state index is -0.167. The molecular formula is C15H20N2O2. The first-order valence-electron chi connectivity index (χ1n) is 6.79. The number of carbonyl (C=O) groups is 1. The summed E-state index contributed by atoms with van der Waals surface area (Å²) in [6, 6.07) is 7.02. The lowest BCUT2D eigenvalue weighted by Crippen LogP contribution is -2.19. The average Bonchev–Trinajstić information content (AvgIpc) is 2.73. The summed E-state index contributed by atoms with van der Waals surface area (Å²) in [7, 11) is 1.60. The molecule has 1 aromatic rings. The van der Waals surface area contributed by atoms with E-state index in [4.69, 9.17) is 4.74 Å². The predicted molar refractivity (Wildman–Crippen MR) is 75.6 cm³/mol. The van der Waals surface area contributed by atoms with E-state index in [-0.39, 0.29) is 5.91 Å². The van der Waals surface area contributed by atoms with Crippen molar-refractivity contribution in [3.63, 3.8) is 0 Å². The molecule has 1 N–H and O–H groups in total. The predicted octanol–water partition coefficient (Wildman–Crippen LogP) is 3.14. The Labute approximate surface area is 113 Å². The third kappa shape index (κ3) is 4.09. The van der Waals surface area contributed by atoms with E-state index in [1.165, 1.54) is 25.7 Å². The van der Waals surface area contributed by atoms with Crippen molar-refractivity contribution in [2.75, 3.05) is 7.11 Å². The Morgan fingerprint density at radius 3 is 2.32 bits per heavy atom. The largest absolute Gasteiger partial charge is 0.497 e. The number of amides is 1. The lowest BCUT2D eigenvalue weighted by Gasteiger charge is -2.04. The van der Waals surface area contributed by atoms with Crippen LogP contribution in [0.25, 0.3) is 0 Å². The van der Waals surface area contributed by atoms with E-state index < -0.39 is 0 Å². The number of nitrogens with one attached hydrogen (secondary N) is 1. The van der Waals surface area contributed by atoms with E-state index in [1.807, 2.05) is 0 Å². The molecular weight excluding hydrogens is 240 g/mol. The van der Waals surface area contributed by atoms with Crippen LogP contribution in [0.2, 0.25) is 0 Å². The lowest BCUT2D eigenvalue weighted by atomic mass is 10.2. The van der Waals surface area contributed by atoms with Crippen molar-refractivity contribution in [3.05, 3.63) is 29.8 Å². The number of carbonyl (C=O) groups excluding carboxylic acids is 1. The number of methoxy groups -OCH3 is 1. The van der Waals surface area contributed by atoms with Crippen molar-refractivity contribution in [2.45, 2.75) is 38.5 Å². The fourth-order valence-corrected chi connectivity index (χ4v) is 2.19. The van der Waals surface area contributed by atoms with E-state index in [0.717, 1.165) is 24.3 Å². The Kier molecular flexibility index (Phi) is 4.95. The highest BCUT2D eigenvalue weighted by molar-refractivity contribution is 5.95. The SMILES string of the molecule is COc1ccc(C(=O)NN=C2CCCCCC2)cc1. The Bertz CT molecular complexity index is 442. The van der Waals surface area contributed by atoms with Crippen LogP contribution in [0, 0.1) is 0 Å². The van der Waals surface area contributed by atoms with Crippen molar-refractivity contribution in [1.29, 1.82) is 0 Å². The summed E-state index contributed by atoms with van der Waals surface area (Å²) in [6.07, 6.45) is 6.90. The molecule has 1 fully saturated rings. The number of ether oxygens (including phenoxy) is 1. The molecule has 1 aliphatic rings.